The van der Waals surface area contributed by atoms with Crippen molar-refractivity contribution in [3.8, 4) is 16.9 Å². The lowest BCUT2D eigenvalue weighted by molar-refractivity contribution is -0.139. The number of piperazine rings is 1. The standard InChI is InChI=1S/C26H25ClN4O4S/c27-16-11-15-12-21(26(34)30-9-6-28-7-10-30)35-24(15)19(13-16)18-3-5-29-20-14-17(36-25(18)20)4-8-31-22(32)1-2-23(31)33/h3,5,11,13-14,21,28H,1-2,4,6-10,12H2. The third-order valence-electron chi connectivity index (χ3n) is 6.99. The van der Waals surface area contributed by atoms with Crippen LogP contribution in [0.2, 0.25) is 5.02 Å². The molecule has 186 valence electrons. The van der Waals surface area contributed by atoms with E-state index >= 15 is 0 Å². The number of nitrogens with one attached hydrogen (secondary N) is 1. The number of hydrogen-bond acceptors (Lipinski definition) is 7. The van der Waals surface area contributed by atoms with Crippen LogP contribution >= 0.6 is 22.9 Å². The Morgan fingerprint density at radius 3 is 2.69 bits per heavy atom. The minimum Gasteiger partial charge on any atom is -0.479 e. The van der Waals surface area contributed by atoms with Crippen LogP contribution in [0, 0.1) is 0 Å². The molecule has 0 saturated carbocycles. The molecule has 2 fully saturated rings. The zero-order valence-electron chi connectivity index (χ0n) is 19.6. The van der Waals surface area contributed by atoms with E-state index in [4.69, 9.17) is 16.3 Å². The number of halogens is 1. The van der Waals surface area contributed by atoms with E-state index in [0.717, 1.165) is 44.9 Å². The van der Waals surface area contributed by atoms with Crippen molar-refractivity contribution in [1.29, 1.82) is 0 Å². The van der Waals surface area contributed by atoms with Crippen molar-refractivity contribution in [2.45, 2.75) is 31.8 Å². The lowest BCUT2D eigenvalue weighted by atomic mass is 10.0. The van der Waals surface area contributed by atoms with Crippen molar-refractivity contribution in [3.05, 3.63) is 45.9 Å². The molecule has 0 spiro atoms. The number of hydrogen-bond donors (Lipinski definition) is 1. The first-order valence-corrected chi connectivity index (χ1v) is 13.4. The van der Waals surface area contributed by atoms with Crippen molar-refractivity contribution >= 4 is 50.9 Å². The topological polar surface area (TPSA) is 91.8 Å². The molecule has 3 aliphatic rings. The number of carbonyl (C=O) groups excluding carboxylic acids is 3. The number of aromatic nitrogens is 1. The maximum absolute atomic E-state index is 13.1. The van der Waals surface area contributed by atoms with Gasteiger partial charge in [0, 0.05) is 91.2 Å². The summed E-state index contributed by atoms with van der Waals surface area (Å²) in [6.45, 7) is 3.32. The molecule has 1 N–H and O–H groups in total. The van der Waals surface area contributed by atoms with Gasteiger partial charge < -0.3 is 15.0 Å². The Labute approximate surface area is 217 Å². The Morgan fingerprint density at radius 1 is 1.14 bits per heavy atom. The van der Waals surface area contributed by atoms with E-state index in [1.807, 2.05) is 29.2 Å². The van der Waals surface area contributed by atoms with E-state index in [2.05, 4.69) is 10.3 Å². The smallest absolute Gasteiger partial charge is 0.264 e. The highest BCUT2D eigenvalue weighted by Crippen LogP contribution is 2.44. The van der Waals surface area contributed by atoms with Crippen LogP contribution in [0.1, 0.15) is 23.3 Å². The first-order valence-electron chi connectivity index (χ1n) is 12.2. The molecular formula is C26H25ClN4O4S. The summed E-state index contributed by atoms with van der Waals surface area (Å²) in [6, 6.07) is 7.72. The maximum Gasteiger partial charge on any atom is 0.264 e. The lowest BCUT2D eigenvalue weighted by Gasteiger charge is -2.29. The zero-order chi connectivity index (χ0) is 24.8. The van der Waals surface area contributed by atoms with E-state index in [1.165, 1.54) is 4.90 Å². The highest BCUT2D eigenvalue weighted by atomic mass is 35.5. The molecular weight excluding hydrogens is 500 g/mol. The number of ether oxygens (including phenoxy) is 1. The third kappa shape index (κ3) is 4.25. The van der Waals surface area contributed by atoms with Gasteiger partial charge in [0.05, 0.1) is 10.2 Å². The number of nitrogens with zero attached hydrogens (tertiary/aromatic N) is 3. The van der Waals surface area contributed by atoms with Crippen LogP contribution in [0.5, 0.6) is 5.75 Å². The molecule has 0 aliphatic carbocycles. The summed E-state index contributed by atoms with van der Waals surface area (Å²) in [6.07, 6.45) is 2.88. The summed E-state index contributed by atoms with van der Waals surface area (Å²) in [7, 11) is 0. The maximum atomic E-state index is 13.1. The molecule has 1 unspecified atom stereocenters. The summed E-state index contributed by atoms with van der Waals surface area (Å²) in [5, 5.41) is 3.86. The van der Waals surface area contributed by atoms with Gasteiger partial charge in [-0.25, -0.2) is 0 Å². The van der Waals surface area contributed by atoms with Crippen LogP contribution in [0.3, 0.4) is 0 Å². The monoisotopic (exact) mass is 524 g/mol. The lowest BCUT2D eigenvalue weighted by Crippen LogP contribution is -2.50. The normalized spacial score (nSPS) is 19.8. The molecule has 8 nitrogen and oxygen atoms in total. The minimum absolute atomic E-state index is 0.0130. The van der Waals surface area contributed by atoms with E-state index in [-0.39, 0.29) is 17.7 Å². The van der Waals surface area contributed by atoms with Crippen molar-refractivity contribution in [3.63, 3.8) is 0 Å². The zero-order valence-corrected chi connectivity index (χ0v) is 21.2. The van der Waals surface area contributed by atoms with Crippen molar-refractivity contribution in [1.82, 2.24) is 20.1 Å². The summed E-state index contributed by atoms with van der Waals surface area (Å²) >= 11 is 8.11. The molecule has 2 saturated heterocycles. The number of pyridine rings is 1. The first-order chi connectivity index (χ1) is 17.5. The first kappa shape index (κ1) is 23.4. The predicted molar refractivity (Wildman–Crippen MR) is 137 cm³/mol. The number of thiophene rings is 1. The molecule has 0 radical (unpaired) electrons. The predicted octanol–water partition coefficient (Wildman–Crippen LogP) is 3.04. The largest absolute Gasteiger partial charge is 0.479 e. The second-order valence-electron chi connectivity index (χ2n) is 9.30. The number of carbonyl (C=O) groups is 3. The fourth-order valence-electron chi connectivity index (χ4n) is 5.17. The van der Waals surface area contributed by atoms with Gasteiger partial charge in [-0.1, -0.05) is 11.6 Å². The van der Waals surface area contributed by atoms with E-state index in [1.54, 1.807) is 17.5 Å². The van der Waals surface area contributed by atoms with Crippen molar-refractivity contribution in [2.75, 3.05) is 32.7 Å². The second kappa shape index (κ2) is 9.46. The molecule has 10 heteroatoms. The number of amides is 3. The molecule has 3 aliphatic heterocycles. The van der Waals surface area contributed by atoms with Crippen LogP contribution < -0.4 is 10.1 Å². The van der Waals surface area contributed by atoms with E-state index in [0.29, 0.717) is 56.1 Å². The molecule has 3 aromatic rings. The Bertz CT molecular complexity index is 1370. The van der Waals surface area contributed by atoms with Crippen molar-refractivity contribution in [2.24, 2.45) is 0 Å². The summed E-state index contributed by atoms with van der Waals surface area (Å²) in [5.41, 5.74) is 3.56. The molecule has 1 atom stereocenters. The molecule has 1 aromatic carbocycles. The number of imide groups is 1. The van der Waals surface area contributed by atoms with Crippen LogP contribution in [0.15, 0.2) is 30.5 Å². The van der Waals surface area contributed by atoms with E-state index < -0.39 is 6.10 Å². The Kier molecular flexibility index (Phi) is 6.15. The fourth-order valence-corrected chi connectivity index (χ4v) is 6.54. The SMILES string of the molecule is O=C(C1Cc2cc(Cl)cc(-c3ccnc4cc(CCN5C(=O)CCC5=O)sc34)c2O1)N1CCNCC1. The molecule has 5 heterocycles. The number of likely N-dealkylation sites (tertiary alicyclic amines) is 1. The highest BCUT2D eigenvalue weighted by molar-refractivity contribution is 7.19. The van der Waals surface area contributed by atoms with Crippen LogP contribution in [-0.4, -0.2) is 71.3 Å². The average molecular weight is 525 g/mol. The third-order valence-corrected chi connectivity index (χ3v) is 8.43. The summed E-state index contributed by atoms with van der Waals surface area (Å²) in [4.78, 5) is 45.9. The van der Waals surface area contributed by atoms with E-state index in [9.17, 15) is 14.4 Å². The molecule has 2 aromatic heterocycles. The molecule has 36 heavy (non-hydrogen) atoms. The second-order valence-corrected chi connectivity index (χ2v) is 10.9. The molecule has 6 rings (SSSR count). The highest BCUT2D eigenvalue weighted by Gasteiger charge is 2.35. The van der Waals surface area contributed by atoms with Gasteiger partial charge >= 0.3 is 0 Å². The van der Waals surface area contributed by atoms with Crippen LogP contribution in [0.25, 0.3) is 21.3 Å². The van der Waals surface area contributed by atoms with Crippen LogP contribution in [0.4, 0.5) is 0 Å². The quantitative estimate of drug-likeness (QED) is 0.516. The Morgan fingerprint density at radius 2 is 1.92 bits per heavy atom. The van der Waals surface area contributed by atoms with Gasteiger partial charge in [-0.2, -0.15) is 0 Å². The van der Waals surface area contributed by atoms with Gasteiger partial charge in [-0.05, 0) is 24.3 Å². The summed E-state index contributed by atoms with van der Waals surface area (Å²) < 4.78 is 7.27. The number of fused-ring (bicyclic) bond motifs is 2. The Balaban J connectivity index is 1.29. The van der Waals surface area contributed by atoms with Gasteiger partial charge in [-0.15, -0.1) is 11.3 Å². The number of rotatable bonds is 5. The fraction of sp³-hybridized carbons (Fsp3) is 0.385. The Hall–Kier alpha value is -3.01. The van der Waals surface area contributed by atoms with Gasteiger partial charge in [0.1, 0.15) is 5.75 Å². The molecule has 3 amide bonds. The number of benzene rings is 1. The minimum atomic E-state index is -0.554. The summed E-state index contributed by atoms with van der Waals surface area (Å²) in [5.74, 6) is 0.510. The van der Waals surface area contributed by atoms with Crippen LogP contribution in [-0.2, 0) is 27.2 Å². The van der Waals surface area contributed by atoms with Gasteiger partial charge in [0.25, 0.3) is 5.91 Å². The van der Waals surface area contributed by atoms with Gasteiger partial charge in [0.2, 0.25) is 11.8 Å². The van der Waals surface area contributed by atoms with Crippen molar-refractivity contribution < 1.29 is 19.1 Å². The average Bonchev–Trinajstić information content (AvgIpc) is 3.58. The van der Waals surface area contributed by atoms with Gasteiger partial charge in [0.15, 0.2) is 6.10 Å². The molecule has 0 bridgehead atoms. The van der Waals surface area contributed by atoms with Gasteiger partial charge in [-0.3, -0.25) is 24.3 Å².